The maximum Gasteiger partial charge on any atom is 0.336 e. The zero-order chi connectivity index (χ0) is 20.3. The number of methoxy groups -OCH3 is 4. The van der Waals surface area contributed by atoms with Gasteiger partial charge >= 0.3 is 5.97 Å². The predicted molar refractivity (Wildman–Crippen MR) is 100 cm³/mol. The summed E-state index contributed by atoms with van der Waals surface area (Å²) >= 11 is 6.22. The second-order valence-electron chi connectivity index (χ2n) is 5.43. The van der Waals surface area contributed by atoms with Crippen LogP contribution in [0.4, 0.5) is 0 Å². The highest BCUT2D eigenvalue weighted by Gasteiger charge is 2.30. The molecule has 0 unspecified atom stereocenters. The molecule has 0 aromatic heterocycles. The normalized spacial score (nSPS) is 10.3. The summed E-state index contributed by atoms with van der Waals surface area (Å²) in [6, 6.07) is 4.24. The van der Waals surface area contributed by atoms with Crippen molar-refractivity contribution in [3.8, 4) is 34.1 Å². The molecule has 0 saturated carbocycles. The lowest BCUT2D eigenvalue weighted by molar-refractivity contribution is 0.0697. The largest absolute Gasteiger partial charge is 0.493 e. The fourth-order valence-corrected chi connectivity index (χ4v) is 3.15. The van der Waals surface area contributed by atoms with Crippen molar-refractivity contribution < 1.29 is 33.6 Å². The van der Waals surface area contributed by atoms with E-state index >= 15 is 0 Å². The molecule has 1 N–H and O–H groups in total. The van der Waals surface area contributed by atoms with Crippen LogP contribution in [0.3, 0.4) is 0 Å². The van der Waals surface area contributed by atoms with Crippen molar-refractivity contribution in [2.45, 2.75) is 6.92 Å². The second kappa shape index (κ2) is 8.18. The molecule has 0 atom stereocenters. The third-order valence-electron chi connectivity index (χ3n) is 4.00. The molecule has 0 saturated heterocycles. The maximum absolute atomic E-state index is 12.3. The van der Waals surface area contributed by atoms with Gasteiger partial charge in [0.1, 0.15) is 0 Å². The minimum atomic E-state index is -1.21. The van der Waals surface area contributed by atoms with Crippen molar-refractivity contribution in [3.05, 3.63) is 34.3 Å². The fourth-order valence-electron chi connectivity index (χ4n) is 2.87. The van der Waals surface area contributed by atoms with E-state index in [1.54, 1.807) is 0 Å². The number of benzene rings is 2. The first kappa shape index (κ1) is 20.4. The number of carboxylic acid groups (broad SMARTS) is 1. The van der Waals surface area contributed by atoms with Gasteiger partial charge < -0.3 is 24.1 Å². The van der Waals surface area contributed by atoms with Crippen molar-refractivity contribution in [1.29, 1.82) is 0 Å². The first-order valence-corrected chi connectivity index (χ1v) is 8.14. The van der Waals surface area contributed by atoms with Crippen molar-refractivity contribution in [3.63, 3.8) is 0 Å². The van der Waals surface area contributed by atoms with Crippen LogP contribution in [0.1, 0.15) is 27.6 Å². The van der Waals surface area contributed by atoms with Crippen LogP contribution in [-0.4, -0.2) is 45.3 Å². The van der Waals surface area contributed by atoms with Gasteiger partial charge in [-0.25, -0.2) is 4.79 Å². The number of aromatic carboxylic acids is 1. The molecule has 8 heteroatoms. The molecule has 2 rings (SSSR count). The number of hydrogen-bond acceptors (Lipinski definition) is 6. The van der Waals surface area contributed by atoms with Gasteiger partial charge in [0.05, 0.1) is 39.0 Å². The van der Waals surface area contributed by atoms with Gasteiger partial charge in [-0.05, 0) is 25.1 Å². The first-order chi connectivity index (χ1) is 12.8. The quantitative estimate of drug-likeness (QED) is 0.711. The average Bonchev–Trinajstić information content (AvgIpc) is 2.65. The van der Waals surface area contributed by atoms with Crippen molar-refractivity contribution in [1.82, 2.24) is 0 Å². The molecule has 7 nitrogen and oxygen atoms in total. The van der Waals surface area contributed by atoms with Crippen molar-refractivity contribution >= 4 is 23.4 Å². The maximum atomic E-state index is 12.3. The Morgan fingerprint density at radius 2 is 1.41 bits per heavy atom. The Hall–Kier alpha value is -2.93. The molecule has 27 heavy (non-hydrogen) atoms. The summed E-state index contributed by atoms with van der Waals surface area (Å²) in [6.45, 7) is 1.34. The SMILES string of the molecule is COc1ccc(C(=O)O)c(-c2c(C(C)=O)cc(Cl)c(OC)c2OC)c1OC. The summed E-state index contributed by atoms with van der Waals surface area (Å²) in [5.41, 5.74) is 0.380. The number of carbonyl (C=O) groups excluding carboxylic acids is 1. The Bertz CT molecular complexity index is 906. The van der Waals surface area contributed by atoms with Gasteiger partial charge in [-0.2, -0.15) is 0 Å². The standard InChI is InChI=1S/C19H19ClO7/c1-9(21)11-8-12(20)16(25-3)18(27-5)15(11)14-10(19(22)23)6-7-13(24-2)17(14)26-4/h6-8H,1-5H3,(H,22,23). The van der Waals surface area contributed by atoms with Crippen LogP contribution in [-0.2, 0) is 0 Å². The molecule has 0 bridgehead atoms. The number of hydrogen-bond donors (Lipinski definition) is 1. The van der Waals surface area contributed by atoms with Gasteiger partial charge in [0.25, 0.3) is 0 Å². The van der Waals surface area contributed by atoms with E-state index in [-0.39, 0.29) is 50.3 Å². The zero-order valence-electron chi connectivity index (χ0n) is 15.5. The first-order valence-electron chi connectivity index (χ1n) is 7.76. The van der Waals surface area contributed by atoms with Crippen LogP contribution in [0.25, 0.3) is 11.1 Å². The van der Waals surface area contributed by atoms with E-state index in [0.717, 1.165) is 0 Å². The lowest BCUT2D eigenvalue weighted by Gasteiger charge is -2.21. The zero-order valence-corrected chi connectivity index (χ0v) is 16.3. The topological polar surface area (TPSA) is 91.3 Å². The van der Waals surface area contributed by atoms with Gasteiger partial charge in [0, 0.05) is 16.7 Å². The lowest BCUT2D eigenvalue weighted by atomic mass is 9.91. The van der Waals surface area contributed by atoms with Gasteiger partial charge in [0.2, 0.25) is 0 Å². The highest BCUT2D eigenvalue weighted by Crippen LogP contribution is 2.51. The Morgan fingerprint density at radius 1 is 0.852 bits per heavy atom. The van der Waals surface area contributed by atoms with Crippen molar-refractivity contribution in [2.75, 3.05) is 28.4 Å². The number of halogens is 1. The summed E-state index contributed by atoms with van der Waals surface area (Å²) in [5, 5.41) is 9.86. The van der Waals surface area contributed by atoms with Crippen LogP contribution in [0.15, 0.2) is 18.2 Å². The van der Waals surface area contributed by atoms with Crippen molar-refractivity contribution in [2.24, 2.45) is 0 Å². The highest BCUT2D eigenvalue weighted by atomic mass is 35.5. The van der Waals surface area contributed by atoms with E-state index in [2.05, 4.69) is 0 Å². The van der Waals surface area contributed by atoms with Crippen LogP contribution in [0, 0.1) is 0 Å². The molecule has 2 aromatic carbocycles. The van der Waals surface area contributed by atoms with Crippen LogP contribution >= 0.6 is 11.6 Å². The monoisotopic (exact) mass is 394 g/mol. The Labute approximate surface area is 161 Å². The molecule has 0 aliphatic heterocycles. The molecule has 0 aliphatic carbocycles. The number of carbonyl (C=O) groups is 2. The van der Waals surface area contributed by atoms with Crippen LogP contribution in [0.2, 0.25) is 5.02 Å². The van der Waals surface area contributed by atoms with E-state index < -0.39 is 5.97 Å². The molecule has 2 aromatic rings. The summed E-state index contributed by atoms with van der Waals surface area (Å²) in [5.74, 6) is -0.833. The minimum absolute atomic E-state index is 0.0992. The lowest BCUT2D eigenvalue weighted by Crippen LogP contribution is -2.08. The summed E-state index contributed by atoms with van der Waals surface area (Å²) < 4.78 is 21.5. The van der Waals surface area contributed by atoms with E-state index in [0.29, 0.717) is 5.75 Å². The third-order valence-corrected chi connectivity index (χ3v) is 4.28. The molecule has 0 fully saturated rings. The van der Waals surface area contributed by atoms with Crippen LogP contribution < -0.4 is 18.9 Å². The number of ether oxygens (including phenoxy) is 4. The molecular formula is C19H19ClO7. The van der Waals surface area contributed by atoms with Gasteiger partial charge in [-0.1, -0.05) is 11.6 Å². The number of rotatable bonds is 7. The molecular weight excluding hydrogens is 376 g/mol. The van der Waals surface area contributed by atoms with Gasteiger partial charge in [-0.3, -0.25) is 4.79 Å². The van der Waals surface area contributed by atoms with E-state index in [4.69, 9.17) is 30.5 Å². The predicted octanol–water partition coefficient (Wildman–Crippen LogP) is 3.94. The Kier molecular flexibility index (Phi) is 6.17. The Morgan fingerprint density at radius 3 is 1.85 bits per heavy atom. The van der Waals surface area contributed by atoms with E-state index in [1.165, 1.54) is 53.6 Å². The smallest absolute Gasteiger partial charge is 0.336 e. The molecule has 144 valence electrons. The molecule has 0 aliphatic rings. The number of ketones is 1. The molecule has 0 spiro atoms. The third kappa shape index (κ3) is 3.50. The average molecular weight is 395 g/mol. The Balaban J connectivity index is 3.13. The second-order valence-corrected chi connectivity index (χ2v) is 5.84. The van der Waals surface area contributed by atoms with Gasteiger partial charge in [0.15, 0.2) is 28.8 Å². The molecule has 0 amide bonds. The number of carboxylic acids is 1. The summed E-state index contributed by atoms with van der Waals surface area (Å²) in [6.07, 6.45) is 0. The van der Waals surface area contributed by atoms with Gasteiger partial charge in [-0.15, -0.1) is 0 Å². The van der Waals surface area contributed by atoms with E-state index in [9.17, 15) is 14.7 Å². The van der Waals surface area contributed by atoms with E-state index in [1.807, 2.05) is 0 Å². The molecule has 0 heterocycles. The minimum Gasteiger partial charge on any atom is -0.493 e. The van der Waals surface area contributed by atoms with Crippen LogP contribution in [0.5, 0.6) is 23.0 Å². The highest BCUT2D eigenvalue weighted by molar-refractivity contribution is 6.33. The molecule has 0 radical (unpaired) electrons. The number of Topliss-reactive ketones (excluding diaryl/α,β-unsaturated/α-hetero) is 1. The summed E-state index contributed by atoms with van der Waals surface area (Å²) in [4.78, 5) is 24.2. The fraction of sp³-hybridized carbons (Fsp3) is 0.263. The summed E-state index contributed by atoms with van der Waals surface area (Å²) in [7, 11) is 5.56.